The molecule has 0 aliphatic heterocycles. The van der Waals surface area contributed by atoms with E-state index in [1.807, 2.05) is 20.0 Å². The van der Waals surface area contributed by atoms with Crippen LogP contribution in [-0.2, 0) is 19.9 Å². The molecule has 1 unspecified atom stereocenters. The number of H-pyrrole nitrogens is 1. The van der Waals surface area contributed by atoms with E-state index in [9.17, 15) is 9.90 Å². The third-order valence-electron chi connectivity index (χ3n) is 4.46. The Bertz CT molecular complexity index is 737. The highest BCUT2D eigenvalue weighted by molar-refractivity contribution is 9.10. The lowest BCUT2D eigenvalue weighted by Crippen LogP contribution is -2.34. The fraction of sp³-hybridized carbons (Fsp3) is 0.533. The number of aromatic nitrogens is 2. The van der Waals surface area contributed by atoms with E-state index in [1.165, 1.54) is 5.56 Å². The van der Waals surface area contributed by atoms with Crippen LogP contribution in [-0.4, -0.2) is 20.3 Å². The second-order valence-corrected chi connectivity index (χ2v) is 7.17. The number of halogens is 1. The van der Waals surface area contributed by atoms with Crippen LogP contribution in [0.15, 0.2) is 15.5 Å². The zero-order valence-corrected chi connectivity index (χ0v) is 13.5. The molecule has 2 aromatic heterocycles. The van der Waals surface area contributed by atoms with Gasteiger partial charge in [-0.3, -0.25) is 4.79 Å². The molecule has 2 N–H and O–H groups in total. The molecule has 0 saturated carbocycles. The third kappa shape index (κ3) is 2.04. The smallest absolute Gasteiger partial charge is 0.274 e. The number of nitrogens with one attached hydrogen (secondary N) is 1. The molecule has 1 aliphatic carbocycles. The molecule has 4 nitrogen and oxygen atoms in total. The SMILES string of the molecule is Cn1cc(Br)c2c3c([nH]c2c1=O)CC(C(C)(C)O)CC3. The van der Waals surface area contributed by atoms with Crippen molar-refractivity contribution < 1.29 is 5.11 Å². The van der Waals surface area contributed by atoms with Gasteiger partial charge in [0.15, 0.2) is 0 Å². The van der Waals surface area contributed by atoms with Crippen LogP contribution in [0.5, 0.6) is 0 Å². The Morgan fingerprint density at radius 2 is 2.20 bits per heavy atom. The Hall–Kier alpha value is -1.07. The number of nitrogens with zero attached hydrogens (tertiary/aromatic N) is 1. The molecule has 1 atom stereocenters. The van der Waals surface area contributed by atoms with Crippen LogP contribution < -0.4 is 5.56 Å². The van der Waals surface area contributed by atoms with Gasteiger partial charge in [0.2, 0.25) is 0 Å². The van der Waals surface area contributed by atoms with Crippen molar-refractivity contribution in [2.75, 3.05) is 0 Å². The van der Waals surface area contributed by atoms with Gasteiger partial charge in [-0.2, -0.15) is 0 Å². The summed E-state index contributed by atoms with van der Waals surface area (Å²) in [5.74, 6) is 0.227. The van der Waals surface area contributed by atoms with Crippen molar-refractivity contribution in [3.05, 3.63) is 32.3 Å². The van der Waals surface area contributed by atoms with Crippen LogP contribution in [0.3, 0.4) is 0 Å². The Morgan fingerprint density at radius 3 is 2.85 bits per heavy atom. The predicted molar refractivity (Wildman–Crippen MR) is 83.1 cm³/mol. The highest BCUT2D eigenvalue weighted by Crippen LogP contribution is 2.37. The van der Waals surface area contributed by atoms with Crippen molar-refractivity contribution in [2.45, 2.75) is 38.7 Å². The normalized spacial score (nSPS) is 19.4. The first-order chi connectivity index (χ1) is 9.29. The number of rotatable bonds is 1. The van der Waals surface area contributed by atoms with Crippen LogP contribution in [0.4, 0.5) is 0 Å². The van der Waals surface area contributed by atoms with Gasteiger partial charge < -0.3 is 14.7 Å². The first-order valence-corrected chi connectivity index (χ1v) is 7.69. The van der Waals surface area contributed by atoms with Gasteiger partial charge in [-0.25, -0.2) is 0 Å². The van der Waals surface area contributed by atoms with E-state index in [4.69, 9.17) is 0 Å². The summed E-state index contributed by atoms with van der Waals surface area (Å²) in [6.45, 7) is 3.72. The van der Waals surface area contributed by atoms with Gasteiger partial charge in [0.1, 0.15) is 5.52 Å². The van der Waals surface area contributed by atoms with Crippen molar-refractivity contribution in [1.29, 1.82) is 0 Å². The summed E-state index contributed by atoms with van der Waals surface area (Å²) >= 11 is 3.57. The molecule has 20 heavy (non-hydrogen) atoms. The Labute approximate surface area is 125 Å². The lowest BCUT2D eigenvalue weighted by atomic mass is 9.78. The van der Waals surface area contributed by atoms with Gasteiger partial charge in [-0.05, 0) is 60.5 Å². The summed E-state index contributed by atoms with van der Waals surface area (Å²) in [5, 5.41) is 11.2. The largest absolute Gasteiger partial charge is 0.390 e. The summed E-state index contributed by atoms with van der Waals surface area (Å²) in [6, 6.07) is 0. The van der Waals surface area contributed by atoms with E-state index in [0.717, 1.165) is 34.8 Å². The Balaban J connectivity index is 2.19. The molecule has 5 heteroatoms. The van der Waals surface area contributed by atoms with Crippen LogP contribution in [0.2, 0.25) is 0 Å². The Morgan fingerprint density at radius 1 is 1.50 bits per heavy atom. The van der Waals surface area contributed by atoms with Gasteiger partial charge in [0, 0.05) is 28.8 Å². The molecular formula is C15H19BrN2O2. The first-order valence-electron chi connectivity index (χ1n) is 6.90. The number of aryl methyl sites for hydroxylation is 2. The third-order valence-corrected chi connectivity index (χ3v) is 5.07. The number of hydrogen-bond donors (Lipinski definition) is 2. The molecule has 0 radical (unpaired) electrons. The molecule has 0 spiro atoms. The van der Waals surface area contributed by atoms with Crippen molar-refractivity contribution in [2.24, 2.45) is 13.0 Å². The molecular weight excluding hydrogens is 320 g/mol. The number of hydrogen-bond acceptors (Lipinski definition) is 2. The lowest BCUT2D eigenvalue weighted by Gasteiger charge is -2.32. The van der Waals surface area contributed by atoms with E-state index in [2.05, 4.69) is 20.9 Å². The van der Waals surface area contributed by atoms with Gasteiger partial charge in [0.05, 0.1) is 5.60 Å². The van der Waals surface area contributed by atoms with E-state index in [0.29, 0.717) is 5.52 Å². The average molecular weight is 339 g/mol. The molecule has 3 rings (SSSR count). The van der Waals surface area contributed by atoms with Crippen molar-refractivity contribution in [3.8, 4) is 0 Å². The molecule has 2 heterocycles. The minimum absolute atomic E-state index is 0.00240. The van der Waals surface area contributed by atoms with Crippen molar-refractivity contribution in [1.82, 2.24) is 9.55 Å². The molecule has 0 amide bonds. The van der Waals surface area contributed by atoms with Crippen LogP contribution in [0.1, 0.15) is 31.5 Å². The average Bonchev–Trinajstić information content (AvgIpc) is 2.73. The fourth-order valence-electron chi connectivity index (χ4n) is 3.20. The minimum atomic E-state index is -0.683. The number of fused-ring (bicyclic) bond motifs is 3. The van der Waals surface area contributed by atoms with Gasteiger partial charge in [-0.15, -0.1) is 0 Å². The first kappa shape index (κ1) is 13.9. The number of pyridine rings is 1. The molecule has 108 valence electrons. The van der Waals surface area contributed by atoms with Crippen molar-refractivity contribution in [3.63, 3.8) is 0 Å². The maximum atomic E-state index is 12.2. The van der Waals surface area contributed by atoms with Gasteiger partial charge >= 0.3 is 0 Å². The maximum Gasteiger partial charge on any atom is 0.274 e. The second kappa shape index (κ2) is 4.46. The number of aromatic amines is 1. The van der Waals surface area contributed by atoms with Gasteiger partial charge in [0.25, 0.3) is 5.56 Å². The highest BCUT2D eigenvalue weighted by Gasteiger charge is 2.32. The van der Waals surface area contributed by atoms with Crippen LogP contribution >= 0.6 is 15.9 Å². The molecule has 1 aliphatic rings. The topological polar surface area (TPSA) is 58.0 Å². The maximum absolute atomic E-state index is 12.2. The van der Waals surface area contributed by atoms with E-state index in [1.54, 1.807) is 11.6 Å². The van der Waals surface area contributed by atoms with E-state index >= 15 is 0 Å². The fourth-order valence-corrected chi connectivity index (χ4v) is 3.95. The van der Waals surface area contributed by atoms with Crippen molar-refractivity contribution >= 4 is 26.8 Å². The minimum Gasteiger partial charge on any atom is -0.390 e. The van der Waals surface area contributed by atoms with E-state index in [-0.39, 0.29) is 11.5 Å². The van der Waals surface area contributed by atoms with Gasteiger partial charge in [-0.1, -0.05) is 0 Å². The van der Waals surface area contributed by atoms with E-state index < -0.39 is 5.60 Å². The van der Waals surface area contributed by atoms with Crippen LogP contribution in [0, 0.1) is 5.92 Å². The molecule has 2 aromatic rings. The monoisotopic (exact) mass is 338 g/mol. The Kier molecular flexibility index (Phi) is 3.10. The molecule has 0 saturated heterocycles. The quantitative estimate of drug-likeness (QED) is 0.839. The highest BCUT2D eigenvalue weighted by atomic mass is 79.9. The zero-order chi connectivity index (χ0) is 14.7. The summed E-state index contributed by atoms with van der Waals surface area (Å²) in [6.07, 6.45) is 4.46. The summed E-state index contributed by atoms with van der Waals surface area (Å²) < 4.78 is 2.54. The van der Waals surface area contributed by atoms with Crippen LogP contribution in [0.25, 0.3) is 10.9 Å². The second-order valence-electron chi connectivity index (χ2n) is 6.32. The zero-order valence-electron chi connectivity index (χ0n) is 12.0. The number of aliphatic hydroxyl groups is 1. The predicted octanol–water partition coefficient (Wildman–Crippen LogP) is 2.50. The molecule has 0 bridgehead atoms. The summed E-state index contributed by atoms with van der Waals surface area (Å²) in [4.78, 5) is 15.5. The lowest BCUT2D eigenvalue weighted by molar-refractivity contribution is 0.0107. The summed E-state index contributed by atoms with van der Waals surface area (Å²) in [5.41, 5.74) is 2.31. The molecule has 0 fully saturated rings. The molecule has 0 aromatic carbocycles. The summed E-state index contributed by atoms with van der Waals surface area (Å²) in [7, 11) is 1.76. The standard InChI is InChI=1S/C15H19BrN2O2/c1-15(2,20)8-4-5-9-11(6-8)17-13-12(9)10(16)7-18(3)14(13)19/h7-8,17,20H,4-6H2,1-3H3.